The van der Waals surface area contributed by atoms with Crippen LogP contribution < -0.4 is 0 Å². The molecule has 0 aromatic carbocycles. The Morgan fingerprint density at radius 1 is 1.33 bits per heavy atom. The highest BCUT2D eigenvalue weighted by Gasteiger charge is 2.43. The number of rotatable bonds is 6. The first-order valence-electron chi connectivity index (χ1n) is 9.22. The molecule has 1 spiro atoms. The molecular formula is C19H27NO3S. The number of nitrogens with zero attached hydrogens (tertiary/aromatic N) is 1. The summed E-state index contributed by atoms with van der Waals surface area (Å²) in [5, 5.41) is 2.04. The first-order valence-corrected chi connectivity index (χ1v) is 10.1. The normalized spacial score (nSPS) is 26.2. The molecule has 1 saturated carbocycles. The summed E-state index contributed by atoms with van der Waals surface area (Å²) in [5.41, 5.74) is 0.285. The fraction of sp³-hybridized carbons (Fsp3) is 0.737. The quantitative estimate of drug-likeness (QED) is 0.792. The fourth-order valence-electron chi connectivity index (χ4n) is 3.91. The lowest BCUT2D eigenvalue weighted by Gasteiger charge is -2.38. The molecule has 3 fully saturated rings. The number of ether oxygens (including phenoxy) is 2. The predicted octanol–water partition coefficient (Wildman–Crippen LogP) is 3.11. The van der Waals surface area contributed by atoms with Crippen LogP contribution in [0, 0.1) is 11.3 Å². The summed E-state index contributed by atoms with van der Waals surface area (Å²) in [6.45, 7) is 4.26. The van der Waals surface area contributed by atoms with E-state index >= 15 is 0 Å². The third kappa shape index (κ3) is 4.01. The van der Waals surface area contributed by atoms with E-state index in [4.69, 9.17) is 9.47 Å². The summed E-state index contributed by atoms with van der Waals surface area (Å²) in [6, 6.07) is 4.06. The van der Waals surface area contributed by atoms with Crippen LogP contribution in [0.1, 0.15) is 37.0 Å². The molecule has 3 aliphatic rings. The van der Waals surface area contributed by atoms with Gasteiger partial charge in [-0.05, 0) is 54.9 Å². The number of carbonyl (C=O) groups is 1. The number of piperidine rings is 1. The van der Waals surface area contributed by atoms with E-state index in [0.717, 1.165) is 63.0 Å². The van der Waals surface area contributed by atoms with Crippen molar-refractivity contribution >= 4 is 17.2 Å². The second kappa shape index (κ2) is 7.14. The minimum Gasteiger partial charge on any atom is -0.378 e. The molecule has 0 N–H and O–H groups in total. The molecule has 24 heavy (non-hydrogen) atoms. The zero-order chi connectivity index (χ0) is 16.4. The van der Waals surface area contributed by atoms with Crippen molar-refractivity contribution in [1.29, 1.82) is 0 Å². The molecular weight excluding hydrogens is 322 g/mol. The van der Waals surface area contributed by atoms with E-state index < -0.39 is 0 Å². The van der Waals surface area contributed by atoms with Crippen LogP contribution in [0.25, 0.3) is 0 Å². The van der Waals surface area contributed by atoms with E-state index in [1.165, 1.54) is 12.8 Å². The van der Waals surface area contributed by atoms with Crippen LogP contribution in [0.3, 0.4) is 0 Å². The highest BCUT2D eigenvalue weighted by atomic mass is 32.1. The summed E-state index contributed by atoms with van der Waals surface area (Å²) in [7, 11) is 0. The number of carbonyl (C=O) groups excluding carboxylic acids is 1. The van der Waals surface area contributed by atoms with Crippen LogP contribution >= 0.6 is 11.3 Å². The first kappa shape index (κ1) is 16.6. The van der Waals surface area contributed by atoms with Crippen LogP contribution in [-0.2, 0) is 20.7 Å². The average Bonchev–Trinajstić information content (AvgIpc) is 3.11. The van der Waals surface area contributed by atoms with Crippen molar-refractivity contribution in [3.8, 4) is 0 Å². The van der Waals surface area contributed by atoms with Gasteiger partial charge in [0.2, 0.25) is 5.91 Å². The van der Waals surface area contributed by atoms with E-state index in [-0.39, 0.29) is 17.4 Å². The van der Waals surface area contributed by atoms with Gasteiger partial charge in [0.1, 0.15) is 0 Å². The van der Waals surface area contributed by atoms with Crippen LogP contribution in [-0.4, -0.2) is 49.8 Å². The summed E-state index contributed by atoms with van der Waals surface area (Å²) in [6.07, 6.45) is 6.74. The summed E-state index contributed by atoms with van der Waals surface area (Å²) >= 11 is 1.67. The summed E-state index contributed by atoms with van der Waals surface area (Å²) in [5.74, 6) is 1.09. The zero-order valence-corrected chi connectivity index (χ0v) is 15.1. The minimum absolute atomic E-state index is 0.261. The molecule has 0 radical (unpaired) electrons. The second-order valence-electron chi connectivity index (χ2n) is 7.75. The van der Waals surface area contributed by atoms with Crippen molar-refractivity contribution in [2.24, 2.45) is 11.3 Å². The maximum atomic E-state index is 12.4. The Morgan fingerprint density at radius 2 is 2.17 bits per heavy atom. The minimum atomic E-state index is 0.261. The molecule has 132 valence electrons. The van der Waals surface area contributed by atoms with E-state index in [2.05, 4.69) is 0 Å². The molecule has 4 nitrogen and oxygen atoms in total. The van der Waals surface area contributed by atoms with Gasteiger partial charge in [-0.1, -0.05) is 6.07 Å². The van der Waals surface area contributed by atoms with Gasteiger partial charge in [0.05, 0.1) is 25.7 Å². The largest absolute Gasteiger partial charge is 0.378 e. The molecule has 1 aromatic rings. The Kier molecular flexibility index (Phi) is 4.93. The predicted molar refractivity (Wildman–Crippen MR) is 94.2 cm³/mol. The summed E-state index contributed by atoms with van der Waals surface area (Å²) < 4.78 is 11.8. The third-order valence-corrected chi connectivity index (χ3v) is 6.60. The van der Waals surface area contributed by atoms with E-state index in [0.29, 0.717) is 6.42 Å². The van der Waals surface area contributed by atoms with Gasteiger partial charge in [-0.2, -0.15) is 0 Å². The monoisotopic (exact) mass is 349 g/mol. The smallest absolute Gasteiger partial charge is 0.227 e. The highest BCUT2D eigenvalue weighted by Crippen LogP contribution is 2.42. The van der Waals surface area contributed by atoms with E-state index in [9.17, 15) is 4.79 Å². The first-order chi connectivity index (χ1) is 11.7. The van der Waals surface area contributed by atoms with Crippen molar-refractivity contribution in [1.82, 2.24) is 4.90 Å². The SMILES string of the molecule is O=C(Cc1cccs1)N1CCC2(CC1)CO[C@H](COCC1CC1)C2. The molecule has 3 heterocycles. The highest BCUT2D eigenvalue weighted by molar-refractivity contribution is 7.10. The lowest BCUT2D eigenvalue weighted by Crippen LogP contribution is -2.44. The molecule has 2 saturated heterocycles. The number of hydrogen-bond acceptors (Lipinski definition) is 4. The molecule has 1 atom stereocenters. The van der Waals surface area contributed by atoms with Gasteiger partial charge in [-0.3, -0.25) is 4.79 Å². The molecule has 5 heteroatoms. The van der Waals surface area contributed by atoms with E-state index in [1.54, 1.807) is 11.3 Å². The van der Waals surface area contributed by atoms with Crippen molar-refractivity contribution in [3.63, 3.8) is 0 Å². The Bertz CT molecular complexity index is 547. The van der Waals surface area contributed by atoms with Crippen LogP contribution in [0.5, 0.6) is 0 Å². The van der Waals surface area contributed by atoms with Gasteiger partial charge in [0, 0.05) is 24.6 Å². The Labute approximate surface area is 148 Å². The van der Waals surface area contributed by atoms with Gasteiger partial charge >= 0.3 is 0 Å². The Hall–Kier alpha value is -0.910. The maximum Gasteiger partial charge on any atom is 0.227 e. The van der Waals surface area contributed by atoms with Crippen LogP contribution in [0.15, 0.2) is 17.5 Å². The molecule has 1 aliphatic carbocycles. The van der Waals surface area contributed by atoms with Crippen molar-refractivity contribution in [2.45, 2.75) is 44.6 Å². The lowest BCUT2D eigenvalue weighted by atomic mass is 9.76. The standard InChI is InChI=1S/C19H27NO3S/c21-18(10-17-2-1-9-24-17)20-7-5-19(6-8-20)11-16(23-14-19)13-22-12-15-3-4-15/h1-2,9,15-16H,3-8,10-14H2/t16-/m0/s1. The van der Waals surface area contributed by atoms with Crippen molar-refractivity contribution in [2.75, 3.05) is 32.9 Å². The van der Waals surface area contributed by atoms with Crippen molar-refractivity contribution in [3.05, 3.63) is 22.4 Å². The van der Waals surface area contributed by atoms with Gasteiger partial charge in [0.25, 0.3) is 0 Å². The molecule has 1 amide bonds. The number of likely N-dealkylation sites (tertiary alicyclic amines) is 1. The van der Waals surface area contributed by atoms with Crippen LogP contribution in [0.2, 0.25) is 0 Å². The number of hydrogen-bond donors (Lipinski definition) is 0. The molecule has 0 unspecified atom stereocenters. The Balaban J connectivity index is 1.21. The molecule has 0 bridgehead atoms. The average molecular weight is 349 g/mol. The second-order valence-corrected chi connectivity index (χ2v) is 8.79. The zero-order valence-electron chi connectivity index (χ0n) is 14.2. The van der Waals surface area contributed by atoms with Gasteiger partial charge < -0.3 is 14.4 Å². The van der Waals surface area contributed by atoms with Crippen molar-refractivity contribution < 1.29 is 14.3 Å². The topological polar surface area (TPSA) is 38.8 Å². The van der Waals surface area contributed by atoms with Gasteiger partial charge in [-0.15, -0.1) is 11.3 Å². The summed E-state index contributed by atoms with van der Waals surface area (Å²) in [4.78, 5) is 15.6. The lowest BCUT2D eigenvalue weighted by molar-refractivity contribution is -0.132. The van der Waals surface area contributed by atoms with E-state index in [1.807, 2.05) is 22.4 Å². The Morgan fingerprint density at radius 3 is 2.88 bits per heavy atom. The van der Waals surface area contributed by atoms with Gasteiger partial charge in [0.15, 0.2) is 0 Å². The molecule has 4 rings (SSSR count). The third-order valence-electron chi connectivity index (χ3n) is 5.72. The molecule has 1 aromatic heterocycles. The fourth-order valence-corrected chi connectivity index (χ4v) is 4.60. The van der Waals surface area contributed by atoms with Gasteiger partial charge in [-0.25, -0.2) is 0 Å². The van der Waals surface area contributed by atoms with Crippen LogP contribution in [0.4, 0.5) is 0 Å². The number of amides is 1. The number of thiophene rings is 1. The maximum absolute atomic E-state index is 12.4. The molecule has 2 aliphatic heterocycles.